The molecule has 2 amide bonds. The predicted octanol–water partition coefficient (Wildman–Crippen LogP) is 4.15. The number of hydrogen-bond donors (Lipinski definition) is 2. The predicted molar refractivity (Wildman–Crippen MR) is 116 cm³/mol. The maximum absolute atomic E-state index is 13.1. The van der Waals surface area contributed by atoms with Gasteiger partial charge in [0, 0.05) is 29.5 Å². The number of carbonyl (C=O) groups excluding carboxylic acids is 2. The van der Waals surface area contributed by atoms with Crippen LogP contribution in [0.25, 0.3) is 0 Å². The second-order valence-electron chi connectivity index (χ2n) is 7.56. The highest BCUT2D eigenvalue weighted by atomic mass is 19.1. The van der Waals surface area contributed by atoms with Crippen LogP contribution in [0, 0.1) is 12.7 Å². The number of aromatic nitrogens is 1. The molecule has 0 fully saturated rings. The third kappa shape index (κ3) is 4.42. The molecule has 0 spiro atoms. The molecule has 3 aromatic rings. The van der Waals surface area contributed by atoms with Gasteiger partial charge in [-0.05, 0) is 68.7 Å². The summed E-state index contributed by atoms with van der Waals surface area (Å²) in [5.41, 5.74) is 3.63. The normalized spacial score (nSPS) is 14.0. The zero-order chi connectivity index (χ0) is 22.0. The summed E-state index contributed by atoms with van der Waals surface area (Å²) >= 11 is 0. The molecule has 2 aromatic carbocycles. The van der Waals surface area contributed by atoms with Gasteiger partial charge in [-0.25, -0.2) is 4.39 Å². The fourth-order valence-electron chi connectivity index (χ4n) is 3.76. The summed E-state index contributed by atoms with van der Waals surface area (Å²) in [6.45, 7) is 4.33. The standard InChI is InChI=1S/C23H23FN4O3/c1-14-13-21(31-27-14)26-22(29)15(2)28-12-4-5-18-19(6-3-7-20(18)28)25-23(30)16-8-10-17(24)11-9-16/h3,6-11,13,15H,4-5,12H2,1-2H3,(H,25,30)(H,26,29). The lowest BCUT2D eigenvalue weighted by molar-refractivity contribution is -0.117. The number of nitrogens with zero attached hydrogens (tertiary/aromatic N) is 2. The molecule has 1 aromatic heterocycles. The minimum atomic E-state index is -0.451. The van der Waals surface area contributed by atoms with Crippen molar-refractivity contribution in [1.82, 2.24) is 5.16 Å². The van der Waals surface area contributed by atoms with Crippen molar-refractivity contribution < 1.29 is 18.5 Å². The maximum atomic E-state index is 13.1. The van der Waals surface area contributed by atoms with Crippen molar-refractivity contribution in [2.45, 2.75) is 32.7 Å². The second kappa shape index (κ2) is 8.59. The van der Waals surface area contributed by atoms with Gasteiger partial charge in [-0.3, -0.25) is 14.9 Å². The average molecular weight is 422 g/mol. The summed E-state index contributed by atoms with van der Waals surface area (Å²) < 4.78 is 18.2. The number of carbonyl (C=O) groups is 2. The fourth-order valence-corrected chi connectivity index (χ4v) is 3.76. The highest BCUT2D eigenvalue weighted by Gasteiger charge is 2.28. The zero-order valence-corrected chi connectivity index (χ0v) is 17.3. The molecule has 4 rings (SSSR count). The van der Waals surface area contributed by atoms with E-state index in [-0.39, 0.29) is 11.8 Å². The van der Waals surface area contributed by atoms with E-state index >= 15 is 0 Å². The van der Waals surface area contributed by atoms with Gasteiger partial charge in [0.05, 0.1) is 5.69 Å². The number of halogens is 1. The first-order chi connectivity index (χ1) is 14.9. The molecule has 7 nitrogen and oxygen atoms in total. The lowest BCUT2D eigenvalue weighted by atomic mass is 9.97. The number of benzene rings is 2. The number of fused-ring (bicyclic) bond motifs is 1. The maximum Gasteiger partial charge on any atom is 0.255 e. The second-order valence-corrected chi connectivity index (χ2v) is 7.56. The Hall–Kier alpha value is -3.68. The van der Waals surface area contributed by atoms with Gasteiger partial charge in [0.15, 0.2) is 0 Å². The first kappa shape index (κ1) is 20.6. The summed E-state index contributed by atoms with van der Waals surface area (Å²) in [6, 6.07) is 12.3. The summed E-state index contributed by atoms with van der Waals surface area (Å²) in [6.07, 6.45) is 1.62. The molecule has 2 N–H and O–H groups in total. The number of amides is 2. The molecule has 0 bridgehead atoms. The Bertz CT molecular complexity index is 1110. The molecule has 2 heterocycles. The van der Waals surface area contributed by atoms with Crippen LogP contribution in [0.1, 0.15) is 35.0 Å². The van der Waals surface area contributed by atoms with E-state index in [1.165, 1.54) is 24.3 Å². The Balaban J connectivity index is 1.54. The lowest BCUT2D eigenvalue weighted by Gasteiger charge is -2.36. The van der Waals surface area contributed by atoms with Gasteiger partial charge < -0.3 is 14.7 Å². The number of anilines is 3. The van der Waals surface area contributed by atoms with Crippen molar-refractivity contribution in [2.24, 2.45) is 0 Å². The molecule has 0 saturated carbocycles. The summed E-state index contributed by atoms with van der Waals surface area (Å²) in [4.78, 5) is 27.4. The highest BCUT2D eigenvalue weighted by Crippen LogP contribution is 2.34. The van der Waals surface area contributed by atoms with Gasteiger partial charge >= 0.3 is 0 Å². The molecule has 0 aliphatic carbocycles. The van der Waals surface area contributed by atoms with Crippen LogP contribution in [-0.2, 0) is 11.2 Å². The molecule has 0 radical (unpaired) electrons. The molecular weight excluding hydrogens is 399 g/mol. The Labute approximate surface area is 179 Å². The van der Waals surface area contributed by atoms with E-state index in [9.17, 15) is 14.0 Å². The summed E-state index contributed by atoms with van der Waals surface area (Å²) in [5, 5.41) is 9.46. The quantitative estimate of drug-likeness (QED) is 0.645. The molecule has 31 heavy (non-hydrogen) atoms. The Morgan fingerprint density at radius 2 is 1.94 bits per heavy atom. The monoisotopic (exact) mass is 422 g/mol. The van der Waals surface area contributed by atoms with Gasteiger partial charge in [-0.15, -0.1) is 0 Å². The summed E-state index contributed by atoms with van der Waals surface area (Å²) in [5.74, 6) is -0.592. The van der Waals surface area contributed by atoms with Crippen LogP contribution in [0.15, 0.2) is 53.1 Å². The first-order valence-corrected chi connectivity index (χ1v) is 10.1. The molecular formula is C23H23FN4O3. The number of aryl methyl sites for hydroxylation is 1. The van der Waals surface area contributed by atoms with Crippen LogP contribution in [0.2, 0.25) is 0 Å². The zero-order valence-electron chi connectivity index (χ0n) is 17.3. The lowest BCUT2D eigenvalue weighted by Crippen LogP contribution is -2.44. The van der Waals surface area contributed by atoms with Crippen molar-refractivity contribution >= 4 is 29.1 Å². The summed E-state index contributed by atoms with van der Waals surface area (Å²) in [7, 11) is 0. The minimum absolute atomic E-state index is 0.204. The van der Waals surface area contributed by atoms with E-state index in [1.54, 1.807) is 13.0 Å². The van der Waals surface area contributed by atoms with Gasteiger partial charge in [-0.1, -0.05) is 11.2 Å². The highest BCUT2D eigenvalue weighted by molar-refractivity contribution is 6.05. The largest absolute Gasteiger partial charge is 0.359 e. The third-order valence-corrected chi connectivity index (χ3v) is 5.36. The van der Waals surface area contributed by atoms with Crippen molar-refractivity contribution in [3.05, 3.63) is 71.2 Å². The molecule has 1 aliphatic heterocycles. The van der Waals surface area contributed by atoms with Gasteiger partial charge in [0.1, 0.15) is 11.9 Å². The van der Waals surface area contributed by atoms with E-state index in [4.69, 9.17) is 4.52 Å². The Morgan fingerprint density at radius 3 is 2.65 bits per heavy atom. The van der Waals surface area contributed by atoms with Crippen LogP contribution in [0.3, 0.4) is 0 Å². The van der Waals surface area contributed by atoms with Crippen molar-refractivity contribution in [1.29, 1.82) is 0 Å². The SMILES string of the molecule is Cc1cc(NC(=O)C(C)N2CCCc3c(NC(=O)c4ccc(F)cc4)cccc32)on1. The molecule has 1 atom stereocenters. The van der Waals surface area contributed by atoms with Crippen molar-refractivity contribution in [2.75, 3.05) is 22.1 Å². The molecule has 0 saturated heterocycles. The van der Waals surface area contributed by atoms with Crippen LogP contribution in [-0.4, -0.2) is 29.6 Å². The molecule has 160 valence electrons. The van der Waals surface area contributed by atoms with Crippen LogP contribution < -0.4 is 15.5 Å². The van der Waals surface area contributed by atoms with Crippen molar-refractivity contribution in [3.8, 4) is 0 Å². The third-order valence-electron chi connectivity index (χ3n) is 5.36. The van der Waals surface area contributed by atoms with Gasteiger partial charge in [0.25, 0.3) is 5.91 Å². The van der Waals surface area contributed by atoms with Crippen molar-refractivity contribution in [3.63, 3.8) is 0 Å². The van der Waals surface area contributed by atoms with E-state index < -0.39 is 11.9 Å². The Kier molecular flexibility index (Phi) is 5.70. The minimum Gasteiger partial charge on any atom is -0.359 e. The van der Waals surface area contributed by atoms with Gasteiger partial charge in [0.2, 0.25) is 11.8 Å². The van der Waals surface area contributed by atoms with Crippen LogP contribution >= 0.6 is 0 Å². The molecule has 8 heteroatoms. The van der Waals surface area contributed by atoms with E-state index in [2.05, 4.69) is 15.8 Å². The topological polar surface area (TPSA) is 87.5 Å². The molecule has 1 aliphatic rings. The Morgan fingerprint density at radius 1 is 1.16 bits per heavy atom. The van der Waals surface area contributed by atoms with Crippen LogP contribution in [0.4, 0.5) is 21.6 Å². The van der Waals surface area contributed by atoms with Crippen LogP contribution in [0.5, 0.6) is 0 Å². The average Bonchev–Trinajstić information content (AvgIpc) is 3.18. The van der Waals surface area contributed by atoms with E-state index in [1.807, 2.05) is 30.0 Å². The number of rotatable bonds is 5. The first-order valence-electron chi connectivity index (χ1n) is 10.1. The van der Waals surface area contributed by atoms with Gasteiger partial charge in [-0.2, -0.15) is 0 Å². The molecule has 1 unspecified atom stereocenters. The number of nitrogens with one attached hydrogen (secondary N) is 2. The van der Waals surface area contributed by atoms with E-state index in [0.29, 0.717) is 29.4 Å². The smallest absolute Gasteiger partial charge is 0.255 e. The number of hydrogen-bond acceptors (Lipinski definition) is 5. The van der Waals surface area contributed by atoms with E-state index in [0.717, 1.165) is 24.1 Å². The fraction of sp³-hybridized carbons (Fsp3) is 0.261.